The van der Waals surface area contributed by atoms with E-state index in [9.17, 15) is 14.4 Å². The summed E-state index contributed by atoms with van der Waals surface area (Å²) in [5, 5.41) is 7.09. The van der Waals surface area contributed by atoms with Crippen molar-refractivity contribution in [3.8, 4) is 0 Å². The van der Waals surface area contributed by atoms with Crippen LogP contribution in [-0.2, 0) is 21.4 Å². The predicted octanol–water partition coefficient (Wildman–Crippen LogP) is 3.85. The second-order valence-corrected chi connectivity index (χ2v) is 8.27. The molecule has 160 valence electrons. The third-order valence-electron chi connectivity index (χ3n) is 4.72. The Labute approximate surface area is 177 Å². The highest BCUT2D eigenvalue weighted by molar-refractivity contribution is 6.01. The maximum atomic E-state index is 12.6. The van der Waals surface area contributed by atoms with Gasteiger partial charge in [0.15, 0.2) is 6.10 Å². The van der Waals surface area contributed by atoms with E-state index in [0.717, 1.165) is 17.0 Å². The maximum absolute atomic E-state index is 12.6. The molecule has 0 aliphatic rings. The zero-order valence-corrected chi connectivity index (χ0v) is 18.6. The van der Waals surface area contributed by atoms with E-state index in [1.807, 2.05) is 41.7 Å². The molecule has 0 bridgehead atoms. The zero-order chi connectivity index (χ0) is 22.6. The molecule has 7 nitrogen and oxygen atoms in total. The summed E-state index contributed by atoms with van der Waals surface area (Å²) in [5.74, 6) is -1.04. The Kier molecular flexibility index (Phi) is 6.97. The third kappa shape index (κ3) is 5.65. The Balaban J connectivity index is 1.99. The Hall–Kier alpha value is -3.22. The number of carbonyl (C=O) groups is 3. The minimum atomic E-state index is -0.937. The predicted molar refractivity (Wildman–Crippen MR) is 116 cm³/mol. The fraction of sp³-hybridized carbons (Fsp3) is 0.391. The fourth-order valence-electron chi connectivity index (χ4n) is 2.72. The average Bonchev–Trinajstić information content (AvgIpc) is 2.90. The van der Waals surface area contributed by atoms with Gasteiger partial charge in [-0.15, -0.1) is 0 Å². The van der Waals surface area contributed by atoms with Gasteiger partial charge in [0, 0.05) is 41.0 Å². The topological polar surface area (TPSA) is 90.3 Å². The number of nitrogens with zero attached hydrogens (tertiary/aromatic N) is 2. The number of aromatic nitrogens is 2. The molecule has 0 aliphatic heterocycles. The van der Waals surface area contributed by atoms with E-state index in [-0.39, 0.29) is 11.7 Å². The smallest absolute Gasteiger partial charge is 0.331 e. The number of ether oxygens (including phenoxy) is 1. The van der Waals surface area contributed by atoms with E-state index in [0.29, 0.717) is 11.3 Å². The standard InChI is InChI=1S/C23H29N3O4/c1-14-19(15(2)26(7)25-14)12-13-20(27)30-16(3)21(28)17-8-10-18(11-9-17)24-22(29)23(4,5)6/h8-13,16H,1-7H3,(H,24,29)/b13-12+/t16-/m0/s1. The van der Waals surface area contributed by atoms with Crippen LogP contribution in [0.2, 0.25) is 0 Å². The maximum Gasteiger partial charge on any atom is 0.331 e. The SMILES string of the molecule is Cc1nn(C)c(C)c1/C=C/C(=O)O[C@@H](C)C(=O)c1ccc(NC(=O)C(C)(C)C)cc1. The van der Waals surface area contributed by atoms with Crippen molar-refractivity contribution in [1.29, 1.82) is 0 Å². The Morgan fingerprint density at radius 2 is 1.73 bits per heavy atom. The van der Waals surface area contributed by atoms with Crippen molar-refractivity contribution in [3.63, 3.8) is 0 Å². The number of aryl methyl sites for hydroxylation is 2. The van der Waals surface area contributed by atoms with Crippen molar-refractivity contribution in [2.45, 2.75) is 47.6 Å². The number of hydrogen-bond donors (Lipinski definition) is 1. The average molecular weight is 412 g/mol. The molecule has 2 aromatic rings. The van der Waals surface area contributed by atoms with Gasteiger partial charge in [-0.3, -0.25) is 14.3 Å². The minimum absolute atomic E-state index is 0.116. The number of esters is 1. The van der Waals surface area contributed by atoms with Gasteiger partial charge >= 0.3 is 5.97 Å². The van der Waals surface area contributed by atoms with Gasteiger partial charge in [-0.25, -0.2) is 4.79 Å². The van der Waals surface area contributed by atoms with E-state index < -0.39 is 17.5 Å². The van der Waals surface area contributed by atoms with Crippen LogP contribution in [0.25, 0.3) is 6.08 Å². The van der Waals surface area contributed by atoms with Crippen molar-refractivity contribution >= 4 is 29.4 Å². The second kappa shape index (κ2) is 9.07. The molecule has 1 atom stereocenters. The molecule has 1 aromatic carbocycles. The summed E-state index contributed by atoms with van der Waals surface area (Å²) >= 11 is 0. The summed E-state index contributed by atoms with van der Waals surface area (Å²) in [6.07, 6.45) is 2.00. The molecule has 0 radical (unpaired) electrons. The molecular formula is C23H29N3O4. The number of rotatable bonds is 6. The molecule has 1 heterocycles. The Bertz CT molecular complexity index is 979. The van der Waals surface area contributed by atoms with Gasteiger partial charge in [0.2, 0.25) is 11.7 Å². The summed E-state index contributed by atoms with van der Waals surface area (Å²) in [6, 6.07) is 6.50. The van der Waals surface area contributed by atoms with Gasteiger partial charge < -0.3 is 10.1 Å². The van der Waals surface area contributed by atoms with Crippen LogP contribution in [0.15, 0.2) is 30.3 Å². The number of carbonyl (C=O) groups excluding carboxylic acids is 3. The molecule has 7 heteroatoms. The van der Waals surface area contributed by atoms with Gasteiger partial charge in [-0.2, -0.15) is 5.10 Å². The molecule has 0 aliphatic carbocycles. The highest BCUT2D eigenvalue weighted by Crippen LogP contribution is 2.19. The van der Waals surface area contributed by atoms with E-state index >= 15 is 0 Å². The van der Waals surface area contributed by atoms with E-state index in [1.165, 1.54) is 13.0 Å². The normalized spacial score (nSPS) is 12.6. The first-order valence-corrected chi connectivity index (χ1v) is 9.74. The van der Waals surface area contributed by atoms with Crippen LogP contribution < -0.4 is 5.32 Å². The zero-order valence-electron chi connectivity index (χ0n) is 18.6. The molecule has 0 unspecified atom stereocenters. The summed E-state index contributed by atoms with van der Waals surface area (Å²) in [6.45, 7) is 10.8. The van der Waals surface area contributed by atoms with Crippen molar-refractivity contribution < 1.29 is 19.1 Å². The lowest BCUT2D eigenvalue weighted by atomic mass is 9.95. The molecule has 1 aromatic heterocycles. The third-order valence-corrected chi connectivity index (χ3v) is 4.72. The molecule has 2 rings (SSSR count). The largest absolute Gasteiger partial charge is 0.451 e. The van der Waals surface area contributed by atoms with Crippen LogP contribution in [-0.4, -0.2) is 33.5 Å². The number of benzene rings is 1. The Morgan fingerprint density at radius 3 is 2.23 bits per heavy atom. The van der Waals surface area contributed by atoms with Gasteiger partial charge in [0.05, 0.1) is 5.69 Å². The number of nitrogens with one attached hydrogen (secondary N) is 1. The first kappa shape index (κ1) is 23.1. The van der Waals surface area contributed by atoms with Crippen molar-refractivity contribution in [1.82, 2.24) is 9.78 Å². The molecule has 1 N–H and O–H groups in total. The number of ketones is 1. The van der Waals surface area contributed by atoms with E-state index in [2.05, 4.69) is 10.4 Å². The van der Waals surface area contributed by atoms with Gasteiger partial charge in [-0.1, -0.05) is 20.8 Å². The first-order valence-electron chi connectivity index (χ1n) is 9.74. The summed E-state index contributed by atoms with van der Waals surface area (Å²) < 4.78 is 6.98. The van der Waals surface area contributed by atoms with E-state index in [4.69, 9.17) is 4.74 Å². The monoisotopic (exact) mass is 411 g/mol. The molecule has 0 saturated heterocycles. The van der Waals surface area contributed by atoms with Crippen LogP contribution in [0.3, 0.4) is 0 Å². The van der Waals surface area contributed by atoms with Gasteiger partial charge in [0.1, 0.15) is 0 Å². The van der Waals surface area contributed by atoms with Gasteiger partial charge in [0.25, 0.3) is 0 Å². The van der Waals surface area contributed by atoms with Crippen molar-refractivity contribution in [3.05, 3.63) is 52.9 Å². The molecule has 30 heavy (non-hydrogen) atoms. The minimum Gasteiger partial charge on any atom is -0.451 e. The lowest BCUT2D eigenvalue weighted by Gasteiger charge is -2.18. The lowest BCUT2D eigenvalue weighted by Crippen LogP contribution is -2.27. The molecule has 0 saturated carbocycles. The fourth-order valence-corrected chi connectivity index (χ4v) is 2.72. The number of Topliss-reactive ketones (excluding diaryl/α,β-unsaturated/α-hetero) is 1. The highest BCUT2D eigenvalue weighted by atomic mass is 16.5. The summed E-state index contributed by atoms with van der Waals surface area (Å²) in [4.78, 5) is 36.7. The van der Waals surface area contributed by atoms with E-state index in [1.54, 1.807) is 35.0 Å². The molecule has 0 fully saturated rings. The van der Waals surface area contributed by atoms with Crippen LogP contribution in [0, 0.1) is 19.3 Å². The summed E-state index contributed by atoms with van der Waals surface area (Å²) in [5.41, 5.74) is 3.06. The van der Waals surface area contributed by atoms with Crippen LogP contribution in [0.5, 0.6) is 0 Å². The molecule has 1 amide bonds. The van der Waals surface area contributed by atoms with Crippen LogP contribution >= 0.6 is 0 Å². The van der Waals surface area contributed by atoms with Crippen molar-refractivity contribution in [2.24, 2.45) is 12.5 Å². The number of amides is 1. The molecular weight excluding hydrogens is 382 g/mol. The van der Waals surface area contributed by atoms with Crippen LogP contribution in [0.1, 0.15) is 55.0 Å². The lowest BCUT2D eigenvalue weighted by molar-refractivity contribution is -0.140. The first-order chi connectivity index (χ1) is 13.9. The summed E-state index contributed by atoms with van der Waals surface area (Å²) in [7, 11) is 1.83. The van der Waals surface area contributed by atoms with Crippen LogP contribution in [0.4, 0.5) is 5.69 Å². The highest BCUT2D eigenvalue weighted by Gasteiger charge is 2.22. The second-order valence-electron chi connectivity index (χ2n) is 8.27. The van der Waals surface area contributed by atoms with Gasteiger partial charge in [-0.05, 0) is 51.1 Å². The quantitative estimate of drug-likeness (QED) is 0.443. The number of anilines is 1. The van der Waals surface area contributed by atoms with Crippen molar-refractivity contribution in [2.75, 3.05) is 5.32 Å². The number of hydrogen-bond acceptors (Lipinski definition) is 5. The Morgan fingerprint density at radius 1 is 1.13 bits per heavy atom. The molecule has 0 spiro atoms.